The van der Waals surface area contributed by atoms with Crippen molar-refractivity contribution in [2.45, 2.75) is 18.4 Å². The van der Waals surface area contributed by atoms with Gasteiger partial charge in [0.2, 0.25) is 6.08 Å². The Labute approximate surface area is 97.5 Å². The Kier molecular flexibility index (Phi) is 2.62. The maximum Gasteiger partial charge on any atom is 0.235 e. The zero-order chi connectivity index (χ0) is 11.8. The molecule has 1 saturated carbocycles. The zero-order valence-corrected chi connectivity index (χ0v) is 9.41. The summed E-state index contributed by atoms with van der Waals surface area (Å²) in [6, 6.07) is 3.12. The number of ether oxygens (including phenoxy) is 1. The van der Waals surface area contributed by atoms with Gasteiger partial charge in [0.1, 0.15) is 5.54 Å². The third-order valence-corrected chi connectivity index (χ3v) is 2.96. The van der Waals surface area contributed by atoms with Gasteiger partial charge in [0.25, 0.3) is 0 Å². The molecule has 0 spiro atoms. The zero-order valence-electron chi connectivity index (χ0n) is 8.66. The summed E-state index contributed by atoms with van der Waals surface area (Å²) in [7, 11) is 1.44. The maximum absolute atomic E-state index is 10.3. The van der Waals surface area contributed by atoms with Crippen LogP contribution in [0.25, 0.3) is 0 Å². The predicted molar refractivity (Wildman–Crippen MR) is 58.7 cm³/mol. The van der Waals surface area contributed by atoms with Crippen molar-refractivity contribution in [2.24, 2.45) is 4.99 Å². The van der Waals surface area contributed by atoms with Gasteiger partial charge in [-0.1, -0.05) is 11.6 Å². The molecule has 0 unspecified atom stereocenters. The lowest BCUT2D eigenvalue weighted by atomic mass is 10.0. The minimum atomic E-state index is -0.649. The fourth-order valence-corrected chi connectivity index (χ4v) is 1.94. The van der Waals surface area contributed by atoms with E-state index in [0.29, 0.717) is 23.4 Å². The molecule has 0 saturated heterocycles. The Morgan fingerprint density at radius 1 is 1.56 bits per heavy atom. The molecular formula is C11H10ClNO3. The molecule has 0 bridgehead atoms. The summed E-state index contributed by atoms with van der Waals surface area (Å²) in [4.78, 5) is 14.1. The van der Waals surface area contributed by atoms with Crippen LogP contribution in [0.5, 0.6) is 11.5 Å². The molecule has 0 amide bonds. The van der Waals surface area contributed by atoms with E-state index < -0.39 is 5.54 Å². The third kappa shape index (κ3) is 1.66. The van der Waals surface area contributed by atoms with Crippen LogP contribution < -0.4 is 4.74 Å². The van der Waals surface area contributed by atoms with Crippen LogP contribution in [-0.4, -0.2) is 18.3 Å². The molecule has 0 atom stereocenters. The van der Waals surface area contributed by atoms with E-state index in [9.17, 15) is 9.90 Å². The number of hydrogen-bond acceptors (Lipinski definition) is 4. The van der Waals surface area contributed by atoms with Crippen molar-refractivity contribution in [1.82, 2.24) is 0 Å². The highest BCUT2D eigenvalue weighted by molar-refractivity contribution is 6.30. The average Bonchev–Trinajstić information content (AvgIpc) is 3.02. The number of carbonyl (C=O) groups excluding carboxylic acids is 1. The molecule has 4 nitrogen and oxygen atoms in total. The van der Waals surface area contributed by atoms with Crippen LogP contribution in [0.2, 0.25) is 5.02 Å². The first-order chi connectivity index (χ1) is 7.63. The second-order valence-corrected chi connectivity index (χ2v) is 4.18. The van der Waals surface area contributed by atoms with Gasteiger partial charge in [0, 0.05) is 16.7 Å². The number of hydrogen-bond donors (Lipinski definition) is 1. The van der Waals surface area contributed by atoms with E-state index >= 15 is 0 Å². The van der Waals surface area contributed by atoms with Gasteiger partial charge in [0.05, 0.1) is 7.11 Å². The minimum Gasteiger partial charge on any atom is -0.504 e. The second kappa shape index (κ2) is 3.81. The smallest absolute Gasteiger partial charge is 0.235 e. The van der Waals surface area contributed by atoms with Crippen molar-refractivity contribution in [2.75, 3.05) is 7.11 Å². The Bertz CT molecular complexity index is 476. The van der Waals surface area contributed by atoms with Crippen LogP contribution in [0.3, 0.4) is 0 Å². The fraction of sp³-hybridized carbons (Fsp3) is 0.364. The first-order valence-corrected chi connectivity index (χ1v) is 5.17. The van der Waals surface area contributed by atoms with Crippen molar-refractivity contribution >= 4 is 17.7 Å². The van der Waals surface area contributed by atoms with Crippen LogP contribution >= 0.6 is 11.6 Å². The van der Waals surface area contributed by atoms with Gasteiger partial charge in [-0.2, -0.15) is 4.99 Å². The summed E-state index contributed by atoms with van der Waals surface area (Å²) in [5, 5.41) is 10.4. The Balaban J connectivity index is 2.56. The normalized spacial score (nSPS) is 16.4. The number of nitrogens with zero attached hydrogens (tertiary/aromatic N) is 1. The first-order valence-electron chi connectivity index (χ1n) is 4.79. The van der Waals surface area contributed by atoms with Gasteiger partial charge in [-0.3, -0.25) is 0 Å². The molecule has 1 aromatic carbocycles. The quantitative estimate of drug-likeness (QED) is 0.651. The average molecular weight is 240 g/mol. The van der Waals surface area contributed by atoms with E-state index in [2.05, 4.69) is 4.99 Å². The van der Waals surface area contributed by atoms with E-state index in [-0.39, 0.29) is 11.5 Å². The predicted octanol–water partition coefficient (Wildman–Crippen LogP) is 2.38. The maximum atomic E-state index is 10.3. The van der Waals surface area contributed by atoms with Crippen LogP contribution in [0.4, 0.5) is 0 Å². The molecule has 0 aromatic heterocycles. The van der Waals surface area contributed by atoms with E-state index in [4.69, 9.17) is 16.3 Å². The van der Waals surface area contributed by atoms with Crippen molar-refractivity contribution in [3.05, 3.63) is 22.7 Å². The summed E-state index contributed by atoms with van der Waals surface area (Å²) < 4.78 is 4.99. The molecule has 1 N–H and O–H groups in total. The molecule has 1 aliphatic carbocycles. The highest BCUT2D eigenvalue weighted by Crippen LogP contribution is 2.54. The van der Waals surface area contributed by atoms with Crippen LogP contribution in [0.1, 0.15) is 18.4 Å². The number of phenolic OH excluding ortho intramolecular Hbond substituents is 1. The molecule has 0 heterocycles. The van der Waals surface area contributed by atoms with Gasteiger partial charge < -0.3 is 9.84 Å². The van der Waals surface area contributed by atoms with Gasteiger partial charge in [-0.15, -0.1) is 0 Å². The summed E-state index contributed by atoms with van der Waals surface area (Å²) in [5.41, 5.74) is -0.121. The number of rotatable bonds is 3. The van der Waals surface area contributed by atoms with Crippen LogP contribution in [0, 0.1) is 0 Å². The molecular weight excluding hydrogens is 230 g/mol. The Morgan fingerprint density at radius 3 is 2.75 bits per heavy atom. The lowest BCUT2D eigenvalue weighted by molar-refractivity contribution is 0.368. The third-order valence-electron chi connectivity index (χ3n) is 2.74. The van der Waals surface area contributed by atoms with E-state index in [1.54, 1.807) is 6.07 Å². The molecule has 1 aromatic rings. The molecule has 0 radical (unpaired) electrons. The highest BCUT2D eigenvalue weighted by atomic mass is 35.5. The fourth-order valence-electron chi connectivity index (χ4n) is 1.73. The second-order valence-electron chi connectivity index (χ2n) is 3.74. The van der Waals surface area contributed by atoms with Crippen molar-refractivity contribution < 1.29 is 14.6 Å². The largest absolute Gasteiger partial charge is 0.504 e. The van der Waals surface area contributed by atoms with Crippen molar-refractivity contribution in [3.8, 4) is 11.5 Å². The van der Waals surface area contributed by atoms with Gasteiger partial charge in [0.15, 0.2) is 11.5 Å². The number of benzene rings is 1. The van der Waals surface area contributed by atoms with Crippen molar-refractivity contribution in [3.63, 3.8) is 0 Å². The first kappa shape index (κ1) is 11.0. The summed E-state index contributed by atoms with van der Waals surface area (Å²) in [6.07, 6.45) is 2.95. The van der Waals surface area contributed by atoms with Gasteiger partial charge in [-0.05, 0) is 18.9 Å². The summed E-state index contributed by atoms with van der Waals surface area (Å²) in [5.74, 6) is 0.276. The molecule has 5 heteroatoms. The summed E-state index contributed by atoms with van der Waals surface area (Å²) in [6.45, 7) is 0. The number of methoxy groups -OCH3 is 1. The molecule has 2 rings (SSSR count). The molecule has 84 valence electrons. The van der Waals surface area contributed by atoms with Crippen LogP contribution in [0.15, 0.2) is 17.1 Å². The van der Waals surface area contributed by atoms with Gasteiger partial charge >= 0.3 is 0 Å². The van der Waals surface area contributed by atoms with Crippen LogP contribution in [-0.2, 0) is 10.3 Å². The lowest BCUT2D eigenvalue weighted by Gasteiger charge is -2.13. The minimum absolute atomic E-state index is 0.0107. The number of phenols is 1. The molecule has 1 aliphatic rings. The van der Waals surface area contributed by atoms with E-state index in [0.717, 1.165) is 0 Å². The highest BCUT2D eigenvalue weighted by Gasteiger charge is 2.47. The standard InChI is InChI=1S/C11H10ClNO3/c1-16-9-5-7(12)4-8(10(9)15)11(2-3-11)13-6-14/h4-5,15H,2-3H2,1H3. The molecule has 16 heavy (non-hydrogen) atoms. The molecule has 1 fully saturated rings. The number of halogens is 1. The lowest BCUT2D eigenvalue weighted by Crippen LogP contribution is -2.03. The monoisotopic (exact) mass is 239 g/mol. The number of aliphatic imine (C=N–C) groups is 1. The van der Waals surface area contributed by atoms with Gasteiger partial charge in [-0.25, -0.2) is 4.79 Å². The SMILES string of the molecule is COc1cc(Cl)cc(C2(N=C=O)CC2)c1O. The van der Waals surface area contributed by atoms with E-state index in [1.165, 1.54) is 19.3 Å². The number of isocyanates is 1. The van der Waals surface area contributed by atoms with Crippen molar-refractivity contribution in [1.29, 1.82) is 0 Å². The summed E-state index contributed by atoms with van der Waals surface area (Å²) >= 11 is 5.90. The van der Waals surface area contributed by atoms with E-state index in [1.807, 2.05) is 0 Å². The topological polar surface area (TPSA) is 58.9 Å². The number of aromatic hydroxyl groups is 1. The Hall–Kier alpha value is -1.51. The molecule has 0 aliphatic heterocycles. The Morgan fingerprint density at radius 2 is 2.25 bits per heavy atom.